The van der Waals surface area contributed by atoms with Gasteiger partial charge in [0, 0.05) is 5.92 Å². The molecule has 2 aromatic carbocycles. The number of benzene rings is 2. The molecule has 1 aliphatic carbocycles. The lowest BCUT2D eigenvalue weighted by molar-refractivity contribution is -0.147. The molecular weight excluding hydrogens is 264 g/mol. The highest BCUT2D eigenvalue weighted by Gasteiger charge is 2.57. The summed E-state index contributed by atoms with van der Waals surface area (Å²) >= 11 is 0. The largest absolute Gasteiger partial charge is 0.465 e. The van der Waals surface area contributed by atoms with Crippen LogP contribution in [0.15, 0.2) is 42.5 Å². The Morgan fingerprint density at radius 1 is 1.19 bits per heavy atom. The molecule has 0 amide bonds. The number of carbonyl (C=O) groups excluding carboxylic acids is 1. The molecule has 3 heteroatoms. The van der Waals surface area contributed by atoms with Crippen LogP contribution in [-0.2, 0) is 16.0 Å². The number of ether oxygens (including phenoxy) is 1. The van der Waals surface area contributed by atoms with Crippen LogP contribution in [-0.4, -0.2) is 23.8 Å². The monoisotopic (exact) mass is 282 g/mol. The standard InChI is InChI=1S/C18H18O3/c19-16-8-15-11-21-17(20)18(15,10-16)9-12-5-6-13-3-1-2-4-14(13)7-12/h1-7,15-16,19H,8-11H2. The lowest BCUT2D eigenvalue weighted by atomic mass is 9.75. The summed E-state index contributed by atoms with van der Waals surface area (Å²) in [5, 5.41) is 12.4. The SMILES string of the molecule is O=C1OCC2CC(O)CC12Cc1ccc2ccccc2c1. The molecule has 0 bridgehead atoms. The van der Waals surface area contributed by atoms with Crippen LogP contribution in [0.3, 0.4) is 0 Å². The molecule has 2 aromatic rings. The summed E-state index contributed by atoms with van der Waals surface area (Å²) in [6.07, 6.45) is 1.50. The van der Waals surface area contributed by atoms with Crippen LogP contribution in [0, 0.1) is 11.3 Å². The number of aliphatic hydroxyl groups excluding tert-OH is 1. The third kappa shape index (κ3) is 1.95. The van der Waals surface area contributed by atoms with Crippen molar-refractivity contribution in [1.29, 1.82) is 0 Å². The quantitative estimate of drug-likeness (QED) is 0.861. The van der Waals surface area contributed by atoms with E-state index in [2.05, 4.69) is 30.3 Å². The number of fused-ring (bicyclic) bond motifs is 2. The van der Waals surface area contributed by atoms with Gasteiger partial charge in [-0.15, -0.1) is 0 Å². The van der Waals surface area contributed by atoms with Gasteiger partial charge in [0.15, 0.2) is 0 Å². The molecule has 1 saturated heterocycles. The zero-order valence-corrected chi connectivity index (χ0v) is 11.8. The van der Waals surface area contributed by atoms with Gasteiger partial charge in [-0.25, -0.2) is 0 Å². The van der Waals surface area contributed by atoms with Gasteiger partial charge in [-0.1, -0.05) is 42.5 Å². The van der Waals surface area contributed by atoms with E-state index >= 15 is 0 Å². The first kappa shape index (κ1) is 12.8. The van der Waals surface area contributed by atoms with Crippen LogP contribution >= 0.6 is 0 Å². The minimum Gasteiger partial charge on any atom is -0.465 e. The van der Waals surface area contributed by atoms with Crippen molar-refractivity contribution in [3.63, 3.8) is 0 Å². The Morgan fingerprint density at radius 3 is 2.86 bits per heavy atom. The van der Waals surface area contributed by atoms with Crippen molar-refractivity contribution in [2.45, 2.75) is 25.4 Å². The molecule has 0 spiro atoms. The fourth-order valence-electron chi connectivity index (χ4n) is 4.02. The number of aliphatic hydroxyl groups is 1. The molecule has 1 saturated carbocycles. The average Bonchev–Trinajstić information content (AvgIpc) is 2.94. The van der Waals surface area contributed by atoms with Crippen molar-refractivity contribution in [2.75, 3.05) is 6.61 Å². The minimum absolute atomic E-state index is 0.128. The van der Waals surface area contributed by atoms with E-state index in [1.54, 1.807) is 0 Å². The molecule has 108 valence electrons. The van der Waals surface area contributed by atoms with E-state index in [0.29, 0.717) is 25.9 Å². The Kier molecular flexibility index (Phi) is 2.79. The Morgan fingerprint density at radius 2 is 2.00 bits per heavy atom. The lowest BCUT2D eigenvalue weighted by Gasteiger charge is -2.24. The van der Waals surface area contributed by atoms with Gasteiger partial charge in [0.05, 0.1) is 18.1 Å². The van der Waals surface area contributed by atoms with Gasteiger partial charge in [-0.05, 0) is 35.6 Å². The fraction of sp³-hybridized carbons (Fsp3) is 0.389. The summed E-state index contributed by atoms with van der Waals surface area (Å²) in [6, 6.07) is 14.6. The first-order valence-corrected chi connectivity index (χ1v) is 7.50. The topological polar surface area (TPSA) is 46.5 Å². The maximum absolute atomic E-state index is 12.3. The molecular formula is C18H18O3. The van der Waals surface area contributed by atoms with Crippen LogP contribution in [0.4, 0.5) is 0 Å². The van der Waals surface area contributed by atoms with Crippen molar-refractivity contribution in [1.82, 2.24) is 0 Å². The summed E-state index contributed by atoms with van der Waals surface area (Å²) in [6.45, 7) is 0.462. The Bertz CT molecular complexity index is 708. The average molecular weight is 282 g/mol. The second-order valence-electron chi connectivity index (χ2n) is 6.40. The Hall–Kier alpha value is -1.87. The van der Waals surface area contributed by atoms with Crippen LogP contribution in [0.5, 0.6) is 0 Å². The van der Waals surface area contributed by atoms with Gasteiger partial charge in [0.2, 0.25) is 0 Å². The second-order valence-corrected chi connectivity index (χ2v) is 6.40. The normalized spacial score (nSPS) is 31.4. The van der Waals surface area contributed by atoms with Gasteiger partial charge < -0.3 is 9.84 Å². The van der Waals surface area contributed by atoms with Crippen LogP contribution in [0.2, 0.25) is 0 Å². The highest BCUT2D eigenvalue weighted by Crippen LogP contribution is 2.50. The molecule has 3 atom stereocenters. The third-order valence-corrected chi connectivity index (χ3v) is 5.09. The molecule has 4 rings (SSSR count). The van der Waals surface area contributed by atoms with Gasteiger partial charge >= 0.3 is 5.97 Å². The second kappa shape index (κ2) is 4.57. The minimum atomic E-state index is -0.512. The smallest absolute Gasteiger partial charge is 0.312 e. The maximum atomic E-state index is 12.3. The number of hydrogen-bond donors (Lipinski definition) is 1. The summed E-state index contributed by atoms with van der Waals surface area (Å²) in [7, 11) is 0. The van der Waals surface area contributed by atoms with Crippen molar-refractivity contribution in [3.8, 4) is 0 Å². The van der Waals surface area contributed by atoms with E-state index in [1.165, 1.54) is 10.8 Å². The predicted molar refractivity (Wildman–Crippen MR) is 79.8 cm³/mol. The number of esters is 1. The molecule has 1 heterocycles. The zero-order valence-electron chi connectivity index (χ0n) is 11.8. The fourth-order valence-corrected chi connectivity index (χ4v) is 4.02. The Labute approximate surface area is 123 Å². The number of rotatable bonds is 2. The first-order chi connectivity index (χ1) is 10.2. The Balaban J connectivity index is 1.71. The van der Waals surface area contributed by atoms with Gasteiger partial charge in [0.1, 0.15) is 0 Å². The predicted octanol–water partition coefficient (Wildman–Crippen LogP) is 2.70. The molecule has 2 fully saturated rings. The van der Waals surface area contributed by atoms with Crippen LogP contribution in [0.1, 0.15) is 18.4 Å². The van der Waals surface area contributed by atoms with Gasteiger partial charge in [-0.2, -0.15) is 0 Å². The molecule has 1 N–H and O–H groups in total. The summed E-state index contributed by atoms with van der Waals surface area (Å²) in [4.78, 5) is 12.3. The van der Waals surface area contributed by atoms with Gasteiger partial charge in [-0.3, -0.25) is 4.79 Å². The number of cyclic esters (lactones) is 1. The highest BCUT2D eigenvalue weighted by atomic mass is 16.5. The van der Waals surface area contributed by atoms with E-state index in [9.17, 15) is 9.90 Å². The summed E-state index contributed by atoms with van der Waals surface area (Å²) in [5.74, 6) is 0.0312. The molecule has 21 heavy (non-hydrogen) atoms. The number of hydrogen-bond acceptors (Lipinski definition) is 3. The van der Waals surface area contributed by atoms with Crippen molar-refractivity contribution in [3.05, 3.63) is 48.0 Å². The van der Waals surface area contributed by atoms with E-state index in [0.717, 1.165) is 5.56 Å². The highest BCUT2D eigenvalue weighted by molar-refractivity contribution is 5.84. The van der Waals surface area contributed by atoms with Crippen molar-refractivity contribution >= 4 is 16.7 Å². The first-order valence-electron chi connectivity index (χ1n) is 7.50. The molecule has 3 nitrogen and oxygen atoms in total. The summed E-state index contributed by atoms with van der Waals surface area (Å²) < 4.78 is 5.28. The number of carbonyl (C=O) groups is 1. The van der Waals surface area contributed by atoms with E-state index in [1.807, 2.05) is 12.1 Å². The lowest BCUT2D eigenvalue weighted by Crippen LogP contribution is -2.32. The van der Waals surface area contributed by atoms with Crippen molar-refractivity contribution < 1.29 is 14.6 Å². The molecule has 1 aliphatic heterocycles. The van der Waals surface area contributed by atoms with Crippen LogP contribution < -0.4 is 0 Å². The maximum Gasteiger partial charge on any atom is 0.312 e. The van der Waals surface area contributed by atoms with Gasteiger partial charge in [0.25, 0.3) is 0 Å². The van der Waals surface area contributed by atoms with E-state index in [-0.39, 0.29) is 18.0 Å². The third-order valence-electron chi connectivity index (χ3n) is 5.09. The van der Waals surface area contributed by atoms with E-state index in [4.69, 9.17) is 4.74 Å². The molecule has 0 aromatic heterocycles. The van der Waals surface area contributed by atoms with Crippen LogP contribution in [0.25, 0.3) is 10.8 Å². The summed E-state index contributed by atoms with van der Waals surface area (Å²) in [5.41, 5.74) is 0.633. The zero-order chi connectivity index (χ0) is 14.4. The molecule has 3 unspecified atom stereocenters. The van der Waals surface area contributed by atoms with Crippen molar-refractivity contribution in [2.24, 2.45) is 11.3 Å². The molecule has 2 aliphatic rings. The van der Waals surface area contributed by atoms with E-state index < -0.39 is 5.41 Å². The molecule has 0 radical (unpaired) electrons.